The van der Waals surface area contributed by atoms with E-state index in [1.807, 2.05) is 0 Å². The molecule has 0 aliphatic carbocycles. The van der Waals surface area contributed by atoms with Gasteiger partial charge in [0.2, 0.25) is 5.88 Å². The lowest BCUT2D eigenvalue weighted by molar-refractivity contribution is 0.353. The molecule has 0 spiro atoms. The van der Waals surface area contributed by atoms with Gasteiger partial charge in [0.1, 0.15) is 22.6 Å². The summed E-state index contributed by atoms with van der Waals surface area (Å²) in [7, 11) is -2.37. The van der Waals surface area contributed by atoms with Crippen molar-refractivity contribution >= 4 is 27.6 Å². The fourth-order valence-corrected chi connectivity index (χ4v) is 5.74. The van der Waals surface area contributed by atoms with Gasteiger partial charge in [0.25, 0.3) is 0 Å². The zero-order chi connectivity index (χ0) is 23.3. The minimum absolute atomic E-state index is 0.00254. The second-order valence-electron chi connectivity index (χ2n) is 7.02. The van der Waals surface area contributed by atoms with Crippen LogP contribution in [0.15, 0.2) is 35.6 Å². The number of nitrogens with two attached hydrogens (primary N) is 1. The van der Waals surface area contributed by atoms with Gasteiger partial charge in [0.15, 0.2) is 22.3 Å². The first-order valence-corrected chi connectivity index (χ1v) is 11.3. The molecule has 2 atom stereocenters. The van der Waals surface area contributed by atoms with E-state index in [9.17, 15) is 17.2 Å². The molecule has 168 valence electrons. The molecule has 0 radical (unpaired) electrons. The van der Waals surface area contributed by atoms with Gasteiger partial charge >= 0.3 is 0 Å². The van der Waals surface area contributed by atoms with Gasteiger partial charge in [-0.05, 0) is 43.5 Å². The van der Waals surface area contributed by atoms with E-state index in [1.165, 1.54) is 31.6 Å². The molecule has 0 saturated carbocycles. The van der Waals surface area contributed by atoms with Gasteiger partial charge in [-0.25, -0.2) is 27.2 Å². The summed E-state index contributed by atoms with van der Waals surface area (Å²) in [6.07, 6.45) is 4.05. The van der Waals surface area contributed by atoms with Crippen LogP contribution in [0.2, 0.25) is 0 Å². The Morgan fingerprint density at radius 3 is 2.78 bits per heavy atom. The van der Waals surface area contributed by atoms with Gasteiger partial charge in [-0.15, -0.1) is 5.92 Å². The summed E-state index contributed by atoms with van der Waals surface area (Å²) < 4.78 is 60.2. The van der Waals surface area contributed by atoms with Crippen LogP contribution < -0.4 is 10.5 Å². The number of halogens is 2. The molecule has 32 heavy (non-hydrogen) atoms. The van der Waals surface area contributed by atoms with Crippen LogP contribution in [0.25, 0.3) is 11.9 Å². The fourth-order valence-electron chi connectivity index (χ4n) is 3.44. The highest BCUT2D eigenvalue weighted by Gasteiger charge is 2.44. The van der Waals surface area contributed by atoms with Gasteiger partial charge in [-0.3, -0.25) is 4.99 Å². The van der Waals surface area contributed by atoms with Crippen molar-refractivity contribution < 1.29 is 21.9 Å². The third kappa shape index (κ3) is 4.94. The molecule has 3 rings (SSSR count). The van der Waals surface area contributed by atoms with Crippen LogP contribution in [0.1, 0.15) is 41.8 Å². The summed E-state index contributed by atoms with van der Waals surface area (Å²) in [6.45, 7) is 1.82. The summed E-state index contributed by atoms with van der Waals surface area (Å²) in [6, 6.07) is 3.80. The van der Waals surface area contributed by atoms with Crippen molar-refractivity contribution in [2.24, 2.45) is 10.7 Å². The van der Waals surface area contributed by atoms with Crippen LogP contribution in [-0.4, -0.2) is 43.1 Å². The van der Waals surface area contributed by atoms with Crippen molar-refractivity contribution in [3.63, 3.8) is 0 Å². The molecule has 2 heterocycles. The molecular weight excluding hydrogens is 438 g/mol. The Morgan fingerprint density at radius 2 is 2.12 bits per heavy atom. The lowest BCUT2D eigenvalue weighted by atomic mass is 10.0. The van der Waals surface area contributed by atoms with Crippen molar-refractivity contribution in [3.8, 4) is 17.7 Å². The molecule has 7 nitrogen and oxygen atoms in total. The summed E-state index contributed by atoms with van der Waals surface area (Å²) in [5.74, 6) is 4.18. The number of sulfone groups is 1. The lowest BCUT2D eigenvalue weighted by Crippen LogP contribution is -2.33. The summed E-state index contributed by atoms with van der Waals surface area (Å²) in [4.78, 5) is 11.7. The molecule has 0 bridgehead atoms. The van der Waals surface area contributed by atoms with Crippen LogP contribution in [0.4, 0.5) is 8.78 Å². The van der Waals surface area contributed by atoms with Crippen molar-refractivity contribution in [3.05, 3.63) is 53.2 Å². The van der Waals surface area contributed by atoms with E-state index >= 15 is 0 Å². The molecule has 2 aromatic rings. The van der Waals surface area contributed by atoms with E-state index in [-0.39, 0.29) is 48.0 Å². The van der Waals surface area contributed by atoms with Gasteiger partial charge in [0, 0.05) is 12.6 Å². The van der Waals surface area contributed by atoms with Crippen molar-refractivity contribution in [2.45, 2.75) is 30.3 Å². The van der Waals surface area contributed by atoms with E-state index in [0.29, 0.717) is 0 Å². The van der Waals surface area contributed by atoms with Crippen molar-refractivity contribution in [2.75, 3.05) is 13.7 Å². The highest BCUT2D eigenvalue weighted by Crippen LogP contribution is 2.40. The molecule has 2 unspecified atom stereocenters. The maximum atomic E-state index is 14.7. The largest absolute Gasteiger partial charge is 0.463 e. The van der Waals surface area contributed by atoms with Crippen molar-refractivity contribution in [1.82, 2.24) is 9.97 Å². The van der Waals surface area contributed by atoms with Crippen LogP contribution in [0, 0.1) is 17.7 Å². The summed E-state index contributed by atoms with van der Waals surface area (Å²) in [5, 5.41) is -2.03. The number of rotatable bonds is 6. The Morgan fingerprint density at radius 1 is 1.34 bits per heavy atom. The Kier molecular flexibility index (Phi) is 7.20. The highest BCUT2D eigenvalue weighted by atomic mass is 32.2. The average molecular weight is 461 g/mol. The molecule has 1 aromatic carbocycles. The van der Waals surface area contributed by atoms with Crippen LogP contribution in [-0.2, 0) is 9.84 Å². The zero-order valence-corrected chi connectivity index (χ0v) is 18.4. The highest BCUT2D eigenvalue weighted by molar-refractivity contribution is 7.93. The Hall–Kier alpha value is -3.32. The predicted octanol–water partition coefficient (Wildman–Crippen LogP) is 3.09. The number of nitrogens with zero attached hydrogens (tertiary/aromatic N) is 3. The first-order valence-electron chi connectivity index (χ1n) is 9.74. The average Bonchev–Trinajstić information content (AvgIpc) is 3.09. The number of hydrogen-bond acceptors (Lipinski definition) is 6. The maximum absolute atomic E-state index is 14.7. The summed E-state index contributed by atoms with van der Waals surface area (Å²) >= 11 is 0. The minimum atomic E-state index is -3.78. The number of ether oxygens (including phenoxy) is 1. The second-order valence-corrected chi connectivity index (χ2v) is 9.34. The smallest absolute Gasteiger partial charge is 0.233 e. The van der Waals surface area contributed by atoms with Gasteiger partial charge in [-0.2, -0.15) is 0 Å². The van der Waals surface area contributed by atoms with Gasteiger partial charge in [0.05, 0.1) is 17.6 Å². The first kappa shape index (κ1) is 23.3. The summed E-state index contributed by atoms with van der Waals surface area (Å²) in [5.41, 5.74) is 5.94. The first-order chi connectivity index (χ1) is 15.3. The molecule has 1 saturated heterocycles. The number of benzene rings is 1. The monoisotopic (exact) mass is 460 g/mol. The molecule has 2 N–H and O–H groups in total. The topological polar surface area (TPSA) is 108 Å². The van der Waals surface area contributed by atoms with Gasteiger partial charge in [-0.1, -0.05) is 12.0 Å². The normalized spacial score (nSPS) is 20.5. The fraction of sp³-hybridized carbons (Fsp3) is 0.318. The van der Waals surface area contributed by atoms with E-state index in [2.05, 4.69) is 26.8 Å². The molecule has 1 fully saturated rings. The number of aromatic nitrogens is 2. The number of aliphatic imine (C=N–C) groups is 1. The van der Waals surface area contributed by atoms with Gasteiger partial charge < -0.3 is 10.5 Å². The Labute approximate surface area is 185 Å². The minimum Gasteiger partial charge on any atom is -0.463 e. The van der Waals surface area contributed by atoms with Crippen LogP contribution in [0.3, 0.4) is 0 Å². The Bertz CT molecular complexity index is 1220. The predicted molar refractivity (Wildman–Crippen MR) is 119 cm³/mol. The van der Waals surface area contributed by atoms with E-state index in [4.69, 9.17) is 10.5 Å². The number of hydrogen-bond donors (Lipinski definition) is 1. The van der Waals surface area contributed by atoms with E-state index in [1.54, 1.807) is 6.92 Å². The molecule has 1 aliphatic rings. The van der Waals surface area contributed by atoms with Crippen molar-refractivity contribution in [1.29, 1.82) is 0 Å². The zero-order valence-electron chi connectivity index (χ0n) is 17.5. The molecule has 1 aliphatic heterocycles. The quantitative estimate of drug-likeness (QED) is 0.403. The third-order valence-corrected chi connectivity index (χ3v) is 7.63. The number of amidine groups is 1. The van der Waals surface area contributed by atoms with Crippen LogP contribution in [0.5, 0.6) is 5.88 Å². The third-order valence-electron chi connectivity index (χ3n) is 5.07. The SMILES string of the molecule is CC#CCOc1cnc(/C(F)=C/c2ccc(F)c(C3CCC(/C(N)=N\C)S3(=O)=O)c2)cn1. The van der Waals surface area contributed by atoms with Crippen LogP contribution >= 0.6 is 0 Å². The molecular formula is C22H22F2N4O3S. The molecule has 1 aromatic heterocycles. The second kappa shape index (κ2) is 9.87. The molecule has 0 amide bonds. The van der Waals surface area contributed by atoms with E-state index < -0.39 is 32.0 Å². The van der Waals surface area contributed by atoms with E-state index in [0.717, 1.165) is 12.1 Å². The lowest BCUT2D eigenvalue weighted by Gasteiger charge is -2.15. The standard InChI is InChI=1S/C22H22F2N4O3S/c1-3-4-9-31-21-13-27-18(12-28-21)17(24)11-14-5-6-16(23)15(10-14)19-7-8-20(22(25)26-2)32(19,29)30/h5-6,10-13,19-20H,7-9H2,1-2H3,(H2,25,26)/b17-11-. The maximum Gasteiger partial charge on any atom is 0.233 e. The molecule has 10 heteroatoms. The Balaban J connectivity index is 1.85.